The van der Waals surface area contributed by atoms with E-state index in [1.807, 2.05) is 6.07 Å². The number of pyridine rings is 1. The zero-order chi connectivity index (χ0) is 23.3. The maximum absolute atomic E-state index is 13.9. The minimum absolute atomic E-state index is 0.0314. The monoisotopic (exact) mass is 604 g/mol. The maximum Gasteiger partial charge on any atom is 0.339 e. The Morgan fingerprint density at radius 1 is 1.26 bits per heavy atom. The predicted molar refractivity (Wildman–Crippen MR) is 123 cm³/mol. The number of esters is 2. The highest BCUT2D eigenvalue weighted by atomic mass is 127. The Labute approximate surface area is 200 Å². The van der Waals surface area contributed by atoms with E-state index in [1.165, 1.54) is 22.9 Å². The van der Waals surface area contributed by atoms with Gasteiger partial charge in [-0.3, -0.25) is 14.2 Å². The molecule has 1 atom stereocenters. The number of hydrogen-bond donors (Lipinski definition) is 0. The first-order valence-electron chi connectivity index (χ1n) is 9.38. The van der Waals surface area contributed by atoms with Crippen molar-refractivity contribution in [2.24, 2.45) is 0 Å². The van der Waals surface area contributed by atoms with Crippen LogP contribution in [0.5, 0.6) is 0 Å². The highest BCUT2D eigenvalue weighted by Crippen LogP contribution is 2.29. The van der Waals surface area contributed by atoms with Gasteiger partial charge in [0.05, 0.1) is 34.1 Å². The van der Waals surface area contributed by atoms with Crippen molar-refractivity contribution in [3.63, 3.8) is 0 Å². The summed E-state index contributed by atoms with van der Waals surface area (Å²) in [7, 11) is 0. The summed E-state index contributed by atoms with van der Waals surface area (Å²) in [5.74, 6) is -3.61. The average Bonchev–Trinajstić information content (AvgIpc) is 2.72. The molecule has 0 saturated carbocycles. The van der Waals surface area contributed by atoms with E-state index in [4.69, 9.17) is 9.47 Å². The fourth-order valence-corrected chi connectivity index (χ4v) is 4.02. The first kappa shape index (κ1) is 25.0. The van der Waals surface area contributed by atoms with E-state index < -0.39 is 29.2 Å². The molecule has 0 saturated heterocycles. The first-order chi connectivity index (χ1) is 14.7. The number of benzene rings is 1. The normalized spacial score (nSPS) is 11.5. The van der Waals surface area contributed by atoms with Crippen molar-refractivity contribution in [2.45, 2.75) is 33.1 Å². The highest BCUT2D eigenvalue weighted by molar-refractivity contribution is 14.1. The Morgan fingerprint density at radius 2 is 1.90 bits per heavy atom. The van der Waals surface area contributed by atoms with Gasteiger partial charge in [0.25, 0.3) is 5.56 Å². The van der Waals surface area contributed by atoms with E-state index in [0.29, 0.717) is 10.2 Å². The van der Waals surface area contributed by atoms with Gasteiger partial charge in [-0.2, -0.15) is 5.26 Å². The summed E-state index contributed by atoms with van der Waals surface area (Å²) in [6.07, 6.45) is 1.35. The molecule has 1 aromatic carbocycles. The van der Waals surface area contributed by atoms with Gasteiger partial charge in [0.1, 0.15) is 5.82 Å². The van der Waals surface area contributed by atoms with Crippen LogP contribution in [-0.2, 0) is 20.7 Å². The molecule has 10 heteroatoms. The third kappa shape index (κ3) is 5.15. The largest absolute Gasteiger partial charge is 0.465 e. The van der Waals surface area contributed by atoms with Crippen molar-refractivity contribution in [3.05, 3.63) is 59.2 Å². The third-order valence-corrected chi connectivity index (χ3v) is 5.85. The Kier molecular flexibility index (Phi) is 8.76. The average molecular weight is 605 g/mol. The minimum Gasteiger partial charge on any atom is -0.465 e. The van der Waals surface area contributed by atoms with E-state index >= 15 is 0 Å². The van der Waals surface area contributed by atoms with Gasteiger partial charge in [0.2, 0.25) is 0 Å². The molecule has 0 bridgehead atoms. The fourth-order valence-electron chi connectivity index (χ4n) is 3.06. The van der Waals surface area contributed by atoms with E-state index in [2.05, 4.69) is 15.9 Å². The zero-order valence-corrected chi connectivity index (χ0v) is 20.7. The lowest BCUT2D eigenvalue weighted by Crippen LogP contribution is -2.30. The fraction of sp³-hybridized carbons (Fsp3) is 0.333. The molecule has 2 aromatic rings. The van der Waals surface area contributed by atoms with Crippen LogP contribution >= 0.6 is 38.5 Å². The van der Waals surface area contributed by atoms with Crippen LogP contribution < -0.4 is 5.56 Å². The van der Waals surface area contributed by atoms with Crippen LogP contribution in [0.25, 0.3) is 5.69 Å². The van der Waals surface area contributed by atoms with Crippen molar-refractivity contribution < 1.29 is 23.5 Å². The Hall–Kier alpha value is -2.26. The van der Waals surface area contributed by atoms with E-state index in [9.17, 15) is 24.0 Å². The molecule has 0 fully saturated rings. The number of nitriles is 1. The molecule has 0 aliphatic rings. The summed E-state index contributed by atoms with van der Waals surface area (Å²) in [5.41, 5.74) is -0.290. The standard InChI is InChI=1S/C21H19BrFIN2O5/c1-4-11-18(12(9-25)20(28)30-5-2)13(21(29)31-6-3)10-26(19(11)27)17-8-16(24)15(23)7-14(17)22/h7-8,10,12H,4-6H2,1-3H3. The molecule has 0 spiro atoms. The van der Waals surface area contributed by atoms with Crippen molar-refractivity contribution in [3.8, 4) is 11.8 Å². The van der Waals surface area contributed by atoms with Crippen molar-refractivity contribution in [2.75, 3.05) is 13.2 Å². The Morgan fingerprint density at radius 3 is 2.45 bits per heavy atom. The van der Waals surface area contributed by atoms with Gasteiger partial charge in [-0.1, -0.05) is 6.92 Å². The van der Waals surface area contributed by atoms with Crippen LogP contribution in [0.1, 0.15) is 48.2 Å². The van der Waals surface area contributed by atoms with Crippen molar-refractivity contribution in [1.82, 2.24) is 4.57 Å². The minimum atomic E-state index is -1.48. The van der Waals surface area contributed by atoms with Gasteiger partial charge in [0.15, 0.2) is 5.92 Å². The number of halogens is 3. The summed E-state index contributed by atoms with van der Waals surface area (Å²) < 4.78 is 25.7. The maximum atomic E-state index is 13.9. The molecule has 0 radical (unpaired) electrons. The number of aromatic nitrogens is 1. The molecule has 1 heterocycles. The second-order valence-electron chi connectivity index (χ2n) is 6.22. The van der Waals surface area contributed by atoms with Gasteiger partial charge >= 0.3 is 11.9 Å². The lowest BCUT2D eigenvalue weighted by atomic mass is 9.90. The zero-order valence-electron chi connectivity index (χ0n) is 17.0. The molecule has 164 valence electrons. The number of carbonyl (C=O) groups is 2. The molecule has 2 rings (SSSR count). The number of ether oxygens (including phenoxy) is 2. The van der Waals surface area contributed by atoms with E-state index in [1.54, 1.807) is 43.4 Å². The topological polar surface area (TPSA) is 98.4 Å². The second-order valence-corrected chi connectivity index (χ2v) is 8.23. The highest BCUT2D eigenvalue weighted by Gasteiger charge is 2.32. The van der Waals surface area contributed by atoms with Gasteiger partial charge in [-0.25, -0.2) is 9.18 Å². The molecule has 7 nitrogen and oxygen atoms in total. The van der Waals surface area contributed by atoms with Crippen molar-refractivity contribution in [1.29, 1.82) is 5.26 Å². The predicted octanol–water partition coefficient (Wildman–Crippen LogP) is 4.25. The number of nitrogens with zero attached hydrogens (tertiary/aromatic N) is 2. The lowest BCUT2D eigenvalue weighted by Gasteiger charge is -2.20. The second kappa shape index (κ2) is 10.9. The molecule has 1 unspecified atom stereocenters. The number of carbonyl (C=O) groups excluding carboxylic acids is 2. The molecule has 1 aromatic heterocycles. The molecule has 0 aliphatic heterocycles. The molecule has 0 N–H and O–H groups in total. The molecule has 0 aliphatic carbocycles. The smallest absolute Gasteiger partial charge is 0.339 e. The van der Waals surface area contributed by atoms with Crippen LogP contribution in [0.4, 0.5) is 4.39 Å². The van der Waals surface area contributed by atoms with Gasteiger partial charge < -0.3 is 9.47 Å². The van der Waals surface area contributed by atoms with Crippen LogP contribution in [0, 0.1) is 20.7 Å². The Balaban J connectivity index is 2.94. The quantitative estimate of drug-likeness (QED) is 0.266. The van der Waals surface area contributed by atoms with Crippen LogP contribution in [0.15, 0.2) is 27.6 Å². The third-order valence-electron chi connectivity index (χ3n) is 4.39. The summed E-state index contributed by atoms with van der Waals surface area (Å²) in [6, 6.07) is 4.50. The van der Waals surface area contributed by atoms with E-state index in [-0.39, 0.29) is 39.9 Å². The summed E-state index contributed by atoms with van der Waals surface area (Å²) >= 11 is 5.04. The lowest BCUT2D eigenvalue weighted by molar-refractivity contribution is -0.143. The number of rotatable bonds is 7. The Bertz CT molecular complexity index is 1130. The first-order valence-corrected chi connectivity index (χ1v) is 11.2. The molecule has 31 heavy (non-hydrogen) atoms. The van der Waals surface area contributed by atoms with Crippen LogP contribution in [-0.4, -0.2) is 29.7 Å². The van der Waals surface area contributed by atoms with Gasteiger partial charge in [-0.05, 0) is 70.9 Å². The van der Waals surface area contributed by atoms with Gasteiger partial charge in [0, 0.05) is 21.8 Å². The molecular formula is C21H19BrFIN2O5. The van der Waals surface area contributed by atoms with Gasteiger partial charge in [-0.15, -0.1) is 0 Å². The number of hydrogen-bond acceptors (Lipinski definition) is 6. The van der Waals surface area contributed by atoms with Crippen LogP contribution in [0.3, 0.4) is 0 Å². The van der Waals surface area contributed by atoms with Crippen LogP contribution in [0.2, 0.25) is 0 Å². The van der Waals surface area contributed by atoms with Crippen molar-refractivity contribution >= 4 is 50.5 Å². The SMILES string of the molecule is CCOC(=O)c1cn(-c2cc(I)c(F)cc2Br)c(=O)c(CC)c1C(C#N)C(=O)OCC. The summed E-state index contributed by atoms with van der Waals surface area (Å²) in [5, 5.41) is 9.66. The molecule has 0 amide bonds. The summed E-state index contributed by atoms with van der Waals surface area (Å²) in [6.45, 7) is 4.95. The summed E-state index contributed by atoms with van der Waals surface area (Å²) in [4.78, 5) is 38.5. The van der Waals surface area contributed by atoms with E-state index in [0.717, 1.165) is 0 Å². The molecular weight excluding hydrogens is 586 g/mol.